The number of hydrogen-bond donors (Lipinski definition) is 1. The summed E-state index contributed by atoms with van der Waals surface area (Å²) in [6, 6.07) is 7.19. The van der Waals surface area contributed by atoms with E-state index >= 15 is 0 Å². The van der Waals surface area contributed by atoms with Crippen LogP contribution in [0.4, 0.5) is 0 Å². The van der Waals surface area contributed by atoms with Crippen LogP contribution in [-0.4, -0.2) is 50.3 Å². The summed E-state index contributed by atoms with van der Waals surface area (Å²) in [6.07, 6.45) is 0. The van der Waals surface area contributed by atoms with E-state index in [1.807, 2.05) is 20.0 Å². The normalized spacial score (nSPS) is 22.6. The van der Waals surface area contributed by atoms with Gasteiger partial charge in [-0.1, -0.05) is 18.2 Å². The highest BCUT2D eigenvalue weighted by Crippen LogP contribution is 2.22. The van der Waals surface area contributed by atoms with Crippen LogP contribution in [-0.2, 0) is 16.6 Å². The van der Waals surface area contributed by atoms with E-state index in [2.05, 4.69) is 4.90 Å². The highest BCUT2D eigenvalue weighted by atomic mass is 32.2. The molecule has 1 aliphatic heterocycles. The van der Waals surface area contributed by atoms with Crippen molar-refractivity contribution in [2.24, 2.45) is 5.73 Å². The Bertz CT molecular complexity index is 545. The number of rotatable bonds is 3. The van der Waals surface area contributed by atoms with Crippen molar-refractivity contribution in [1.29, 1.82) is 0 Å². The molecule has 0 spiro atoms. The molecule has 2 N–H and O–H groups in total. The molecule has 1 unspecified atom stereocenters. The lowest BCUT2D eigenvalue weighted by Crippen LogP contribution is -2.52. The molecule has 1 saturated heterocycles. The van der Waals surface area contributed by atoms with Crippen LogP contribution in [0.2, 0.25) is 0 Å². The zero-order valence-electron chi connectivity index (χ0n) is 11.4. The number of nitrogens with two attached hydrogens (primary N) is 1. The van der Waals surface area contributed by atoms with Crippen LogP contribution in [0.25, 0.3) is 0 Å². The van der Waals surface area contributed by atoms with Gasteiger partial charge in [-0.3, -0.25) is 0 Å². The van der Waals surface area contributed by atoms with Gasteiger partial charge in [-0.05, 0) is 25.6 Å². The Morgan fingerprint density at radius 3 is 2.63 bits per heavy atom. The molecule has 1 atom stereocenters. The van der Waals surface area contributed by atoms with Crippen LogP contribution in [0.1, 0.15) is 12.5 Å². The van der Waals surface area contributed by atoms with Crippen LogP contribution in [0.5, 0.6) is 0 Å². The molecule has 6 heteroatoms. The van der Waals surface area contributed by atoms with Crippen molar-refractivity contribution in [3.05, 3.63) is 29.8 Å². The Morgan fingerprint density at radius 1 is 1.32 bits per heavy atom. The zero-order valence-corrected chi connectivity index (χ0v) is 12.2. The molecule has 1 heterocycles. The molecule has 0 amide bonds. The van der Waals surface area contributed by atoms with Crippen molar-refractivity contribution >= 4 is 10.0 Å². The lowest BCUT2D eigenvalue weighted by Gasteiger charge is -2.37. The predicted octanol–water partition coefficient (Wildman–Crippen LogP) is 0.470. The molecule has 0 bridgehead atoms. The Morgan fingerprint density at radius 2 is 2.00 bits per heavy atom. The molecule has 0 aromatic heterocycles. The van der Waals surface area contributed by atoms with Crippen molar-refractivity contribution in [2.75, 3.05) is 26.7 Å². The third-order valence-electron chi connectivity index (χ3n) is 3.73. The molecular formula is C13H21N3O2S. The minimum absolute atomic E-state index is 0.230. The summed E-state index contributed by atoms with van der Waals surface area (Å²) in [4.78, 5) is 2.51. The molecule has 19 heavy (non-hydrogen) atoms. The van der Waals surface area contributed by atoms with E-state index in [1.54, 1.807) is 22.5 Å². The highest BCUT2D eigenvalue weighted by Gasteiger charge is 2.31. The topological polar surface area (TPSA) is 66.6 Å². The molecular weight excluding hydrogens is 262 g/mol. The molecule has 1 aromatic carbocycles. The maximum absolute atomic E-state index is 12.7. The van der Waals surface area contributed by atoms with Gasteiger partial charge in [-0.2, -0.15) is 4.31 Å². The molecule has 0 saturated carbocycles. The van der Waals surface area contributed by atoms with Gasteiger partial charge in [0, 0.05) is 32.2 Å². The molecule has 1 aromatic rings. The highest BCUT2D eigenvalue weighted by molar-refractivity contribution is 7.89. The third-order valence-corrected chi connectivity index (χ3v) is 5.70. The number of hydrogen-bond acceptors (Lipinski definition) is 4. The smallest absolute Gasteiger partial charge is 0.243 e. The Hall–Kier alpha value is -0.950. The third kappa shape index (κ3) is 2.81. The van der Waals surface area contributed by atoms with Gasteiger partial charge >= 0.3 is 0 Å². The molecule has 106 valence electrons. The van der Waals surface area contributed by atoms with Crippen LogP contribution >= 0.6 is 0 Å². The van der Waals surface area contributed by atoms with E-state index < -0.39 is 10.0 Å². The Labute approximate surface area is 115 Å². The average molecular weight is 283 g/mol. The van der Waals surface area contributed by atoms with Crippen molar-refractivity contribution in [2.45, 2.75) is 24.4 Å². The van der Waals surface area contributed by atoms with Crippen molar-refractivity contribution < 1.29 is 8.42 Å². The number of nitrogens with zero attached hydrogens (tertiary/aromatic N) is 2. The lowest BCUT2D eigenvalue weighted by atomic mass is 10.2. The maximum atomic E-state index is 12.7. The fraction of sp³-hybridized carbons (Fsp3) is 0.538. The summed E-state index contributed by atoms with van der Waals surface area (Å²) in [5.41, 5.74) is 6.31. The van der Waals surface area contributed by atoms with Gasteiger partial charge in [-0.15, -0.1) is 0 Å². The predicted molar refractivity (Wildman–Crippen MR) is 75.2 cm³/mol. The van der Waals surface area contributed by atoms with E-state index in [-0.39, 0.29) is 12.6 Å². The fourth-order valence-electron chi connectivity index (χ4n) is 2.30. The van der Waals surface area contributed by atoms with E-state index in [9.17, 15) is 8.42 Å². The second kappa shape index (κ2) is 5.58. The SMILES string of the molecule is CC1CN(S(=O)(=O)c2ccccc2CN)CCN1C. The van der Waals surface area contributed by atoms with E-state index in [0.29, 0.717) is 23.5 Å². The van der Waals surface area contributed by atoms with Gasteiger partial charge in [0.05, 0.1) is 4.90 Å². The number of benzene rings is 1. The molecule has 5 nitrogen and oxygen atoms in total. The monoisotopic (exact) mass is 283 g/mol. The first-order chi connectivity index (χ1) is 8.96. The number of likely N-dealkylation sites (N-methyl/N-ethyl adjacent to an activating group) is 1. The van der Waals surface area contributed by atoms with Crippen molar-refractivity contribution in [1.82, 2.24) is 9.21 Å². The van der Waals surface area contributed by atoms with Crippen molar-refractivity contribution in [3.8, 4) is 0 Å². The summed E-state index contributed by atoms with van der Waals surface area (Å²) in [5.74, 6) is 0. The van der Waals surface area contributed by atoms with Gasteiger partial charge < -0.3 is 10.6 Å². The second-order valence-electron chi connectivity index (χ2n) is 5.00. The quantitative estimate of drug-likeness (QED) is 0.875. The minimum Gasteiger partial charge on any atom is -0.326 e. The molecule has 0 aliphatic carbocycles. The average Bonchev–Trinajstić information content (AvgIpc) is 2.41. The molecule has 1 aliphatic rings. The summed E-state index contributed by atoms with van der Waals surface area (Å²) in [7, 11) is -1.42. The van der Waals surface area contributed by atoms with Gasteiger partial charge in [0.2, 0.25) is 10.0 Å². The number of sulfonamides is 1. The van der Waals surface area contributed by atoms with Crippen LogP contribution < -0.4 is 5.73 Å². The zero-order chi connectivity index (χ0) is 14.0. The van der Waals surface area contributed by atoms with Crippen LogP contribution in [0.3, 0.4) is 0 Å². The summed E-state index contributed by atoms with van der Waals surface area (Å²) >= 11 is 0. The molecule has 1 fully saturated rings. The van der Waals surface area contributed by atoms with Gasteiger partial charge in [0.25, 0.3) is 0 Å². The molecule has 0 radical (unpaired) electrons. The Kier molecular flexibility index (Phi) is 4.25. The Balaban J connectivity index is 2.32. The first kappa shape index (κ1) is 14.5. The summed E-state index contributed by atoms with van der Waals surface area (Å²) < 4.78 is 26.9. The first-order valence-electron chi connectivity index (χ1n) is 6.45. The fourth-order valence-corrected chi connectivity index (χ4v) is 4.04. The largest absolute Gasteiger partial charge is 0.326 e. The second-order valence-corrected chi connectivity index (χ2v) is 6.91. The van der Waals surface area contributed by atoms with Crippen LogP contribution in [0, 0.1) is 0 Å². The first-order valence-corrected chi connectivity index (χ1v) is 7.89. The minimum atomic E-state index is -3.43. The van der Waals surface area contributed by atoms with Gasteiger partial charge in [-0.25, -0.2) is 8.42 Å². The van der Waals surface area contributed by atoms with Gasteiger partial charge in [0.1, 0.15) is 0 Å². The number of piperazine rings is 1. The van der Waals surface area contributed by atoms with Crippen molar-refractivity contribution in [3.63, 3.8) is 0 Å². The maximum Gasteiger partial charge on any atom is 0.243 e. The van der Waals surface area contributed by atoms with E-state index in [0.717, 1.165) is 6.54 Å². The standard InChI is InChI=1S/C13H21N3O2S/c1-11-10-16(8-7-15(11)2)19(17,18)13-6-4-3-5-12(13)9-14/h3-6,11H,7-10,14H2,1-2H3. The lowest BCUT2D eigenvalue weighted by molar-refractivity contribution is 0.159. The summed E-state index contributed by atoms with van der Waals surface area (Å²) in [6.45, 7) is 4.08. The van der Waals surface area contributed by atoms with Crippen LogP contribution in [0.15, 0.2) is 29.2 Å². The molecule has 2 rings (SSSR count). The van der Waals surface area contributed by atoms with Gasteiger partial charge in [0.15, 0.2) is 0 Å². The van der Waals surface area contributed by atoms with E-state index in [1.165, 1.54) is 0 Å². The van der Waals surface area contributed by atoms with E-state index in [4.69, 9.17) is 5.73 Å². The summed E-state index contributed by atoms with van der Waals surface area (Å²) in [5, 5.41) is 0.